The lowest BCUT2D eigenvalue weighted by Gasteiger charge is -2.29. The van der Waals surface area contributed by atoms with Crippen LogP contribution >= 0.6 is 11.8 Å². The monoisotopic (exact) mass is 366 g/mol. The van der Waals surface area contributed by atoms with Gasteiger partial charge in [-0.1, -0.05) is 42.1 Å². The third-order valence-electron chi connectivity index (χ3n) is 4.25. The smallest absolute Gasteiger partial charge is 0.234 e. The molecule has 1 atom stereocenters. The number of carbonyl (C=O) groups excluding carboxylic acids is 1. The zero-order valence-corrected chi connectivity index (χ0v) is 15.1. The highest BCUT2D eigenvalue weighted by Crippen LogP contribution is 2.40. The summed E-state index contributed by atoms with van der Waals surface area (Å²) in [4.78, 5) is 17.0. The first-order valence-corrected chi connectivity index (χ1v) is 9.30. The Hall–Kier alpha value is -2.80. The molecule has 1 unspecified atom stereocenters. The second kappa shape index (κ2) is 7.21. The minimum absolute atomic E-state index is 0.110. The number of hydrogen-bond acceptors (Lipinski definition) is 6. The molecule has 26 heavy (non-hydrogen) atoms. The Morgan fingerprint density at radius 2 is 2.08 bits per heavy atom. The Balaban J connectivity index is 1.46. The first-order chi connectivity index (χ1) is 12.8. The lowest BCUT2D eigenvalue weighted by Crippen LogP contribution is -2.29. The predicted octanol–water partition coefficient (Wildman–Crippen LogP) is 3.80. The topological polar surface area (TPSA) is 66.3 Å². The van der Waals surface area contributed by atoms with Gasteiger partial charge in [-0.25, -0.2) is 10.0 Å². The van der Waals surface area contributed by atoms with E-state index in [0.717, 1.165) is 17.3 Å². The van der Waals surface area contributed by atoms with E-state index in [4.69, 9.17) is 4.74 Å². The molecule has 4 rings (SSSR count). The number of nitrogens with zero attached hydrogens (tertiary/aromatic N) is 3. The number of aliphatic imine (C=N–C) groups is 1. The van der Waals surface area contributed by atoms with Gasteiger partial charge in [0.2, 0.25) is 5.91 Å². The van der Waals surface area contributed by atoms with Crippen LogP contribution in [0, 0.1) is 0 Å². The van der Waals surface area contributed by atoms with Gasteiger partial charge in [-0.2, -0.15) is 5.10 Å². The van der Waals surface area contributed by atoms with Crippen LogP contribution in [0.25, 0.3) is 0 Å². The van der Waals surface area contributed by atoms with E-state index in [-0.39, 0.29) is 17.7 Å². The molecule has 0 bridgehead atoms. The summed E-state index contributed by atoms with van der Waals surface area (Å²) in [6, 6.07) is 15.6. The third-order valence-corrected chi connectivity index (χ3v) is 5.19. The summed E-state index contributed by atoms with van der Waals surface area (Å²) in [5.74, 6) is 0.775. The summed E-state index contributed by atoms with van der Waals surface area (Å²) in [6.07, 6.45) is 2.75. The van der Waals surface area contributed by atoms with Crippen LogP contribution in [0.5, 0.6) is 5.75 Å². The average Bonchev–Trinajstić information content (AvgIpc) is 3.17. The molecule has 1 amide bonds. The number of methoxy groups -OCH3 is 1. The fraction of sp³-hybridized carbons (Fsp3) is 0.211. The van der Waals surface area contributed by atoms with Crippen LogP contribution in [0.15, 0.2) is 58.6 Å². The summed E-state index contributed by atoms with van der Waals surface area (Å²) in [6.45, 7) is 0. The van der Waals surface area contributed by atoms with Gasteiger partial charge in [-0.15, -0.1) is 0 Å². The van der Waals surface area contributed by atoms with Crippen LogP contribution in [-0.2, 0) is 4.79 Å². The summed E-state index contributed by atoms with van der Waals surface area (Å²) < 4.78 is 5.26. The van der Waals surface area contributed by atoms with Crippen LogP contribution in [0.3, 0.4) is 0 Å². The predicted molar refractivity (Wildman–Crippen MR) is 105 cm³/mol. The van der Waals surface area contributed by atoms with Crippen molar-refractivity contribution in [3.63, 3.8) is 0 Å². The molecule has 7 heteroatoms. The number of hydrazone groups is 1. The summed E-state index contributed by atoms with van der Waals surface area (Å²) in [5, 5.41) is 9.97. The molecular formula is C19H18N4O2S. The molecule has 2 aliphatic rings. The van der Waals surface area contributed by atoms with E-state index >= 15 is 0 Å². The molecule has 0 spiro atoms. The highest BCUT2D eigenvalue weighted by Gasteiger charge is 2.32. The van der Waals surface area contributed by atoms with E-state index in [2.05, 4.69) is 21.5 Å². The fourth-order valence-electron chi connectivity index (χ4n) is 3.04. The minimum Gasteiger partial charge on any atom is -0.495 e. The highest BCUT2D eigenvalue weighted by atomic mass is 32.2. The first-order valence-electron chi connectivity index (χ1n) is 8.31. The molecular weight excluding hydrogens is 348 g/mol. The third kappa shape index (κ3) is 3.17. The van der Waals surface area contributed by atoms with Crippen molar-refractivity contribution in [1.29, 1.82) is 0 Å². The van der Waals surface area contributed by atoms with E-state index in [1.165, 1.54) is 17.3 Å². The molecule has 0 radical (unpaired) electrons. The number of nitrogens with one attached hydrogen (secondary N) is 1. The molecule has 2 aliphatic heterocycles. The maximum atomic E-state index is 12.4. The van der Waals surface area contributed by atoms with E-state index in [1.807, 2.05) is 53.7 Å². The van der Waals surface area contributed by atoms with Gasteiger partial charge in [0.1, 0.15) is 5.75 Å². The highest BCUT2D eigenvalue weighted by molar-refractivity contribution is 8.14. The fourth-order valence-corrected chi connectivity index (χ4v) is 3.85. The van der Waals surface area contributed by atoms with Gasteiger partial charge in [-0.3, -0.25) is 4.79 Å². The molecule has 132 valence electrons. The van der Waals surface area contributed by atoms with Crippen molar-refractivity contribution in [1.82, 2.24) is 5.01 Å². The SMILES string of the molecule is COc1ccccc1NC(=O)CSC1=Nc2ccccc2C2CC=NN12. The maximum absolute atomic E-state index is 12.4. The molecule has 0 fully saturated rings. The number of amides is 1. The molecule has 1 N–H and O–H groups in total. The molecule has 0 saturated heterocycles. The number of amidine groups is 1. The van der Waals surface area contributed by atoms with Crippen molar-refractivity contribution >= 4 is 40.4 Å². The second-order valence-corrected chi connectivity index (χ2v) is 6.83. The van der Waals surface area contributed by atoms with Crippen LogP contribution in [0.1, 0.15) is 18.0 Å². The number of hydrogen-bond donors (Lipinski definition) is 1. The zero-order valence-electron chi connectivity index (χ0n) is 14.3. The Bertz CT molecular complexity index is 897. The summed E-state index contributed by atoms with van der Waals surface area (Å²) in [7, 11) is 1.58. The Kier molecular flexibility index (Phi) is 4.62. The largest absolute Gasteiger partial charge is 0.495 e. The molecule has 0 saturated carbocycles. The quantitative estimate of drug-likeness (QED) is 0.894. The molecule has 6 nitrogen and oxygen atoms in total. The van der Waals surface area contributed by atoms with E-state index in [0.29, 0.717) is 11.4 Å². The Morgan fingerprint density at radius 1 is 1.27 bits per heavy atom. The Labute approximate surface area is 156 Å². The number of ether oxygens (including phenoxy) is 1. The molecule has 2 aromatic rings. The molecule has 0 aromatic heterocycles. The van der Waals surface area contributed by atoms with Crippen LogP contribution < -0.4 is 10.1 Å². The minimum atomic E-state index is -0.110. The first kappa shape index (κ1) is 16.7. The lowest BCUT2D eigenvalue weighted by molar-refractivity contribution is -0.113. The number of benzene rings is 2. The number of para-hydroxylation sites is 3. The molecule has 0 aliphatic carbocycles. The van der Waals surface area contributed by atoms with Crippen molar-refractivity contribution in [3.05, 3.63) is 54.1 Å². The average molecular weight is 366 g/mol. The van der Waals surface area contributed by atoms with Gasteiger partial charge in [0.15, 0.2) is 5.17 Å². The molecule has 2 aromatic carbocycles. The zero-order chi connectivity index (χ0) is 17.9. The van der Waals surface area contributed by atoms with E-state index in [9.17, 15) is 4.79 Å². The molecule has 2 heterocycles. The van der Waals surface area contributed by atoms with Crippen molar-refractivity contribution in [2.75, 3.05) is 18.2 Å². The van der Waals surface area contributed by atoms with Crippen molar-refractivity contribution in [3.8, 4) is 5.75 Å². The van der Waals surface area contributed by atoms with Gasteiger partial charge in [-0.05, 0) is 18.2 Å². The Morgan fingerprint density at radius 3 is 2.96 bits per heavy atom. The number of rotatable bonds is 4. The number of anilines is 1. The van der Waals surface area contributed by atoms with Gasteiger partial charge in [0.25, 0.3) is 0 Å². The van der Waals surface area contributed by atoms with Gasteiger partial charge in [0.05, 0.1) is 30.3 Å². The summed E-state index contributed by atoms with van der Waals surface area (Å²) >= 11 is 1.39. The number of thioether (sulfide) groups is 1. The maximum Gasteiger partial charge on any atom is 0.234 e. The van der Waals surface area contributed by atoms with Gasteiger partial charge in [0, 0.05) is 18.2 Å². The summed E-state index contributed by atoms with van der Waals surface area (Å²) in [5.41, 5.74) is 2.79. The van der Waals surface area contributed by atoms with Crippen LogP contribution in [-0.4, -0.2) is 35.2 Å². The lowest BCUT2D eigenvalue weighted by atomic mass is 10.0. The van der Waals surface area contributed by atoms with Gasteiger partial charge < -0.3 is 10.1 Å². The van der Waals surface area contributed by atoms with Crippen molar-refractivity contribution in [2.24, 2.45) is 10.1 Å². The van der Waals surface area contributed by atoms with Gasteiger partial charge >= 0.3 is 0 Å². The van der Waals surface area contributed by atoms with Crippen LogP contribution in [0.4, 0.5) is 11.4 Å². The normalized spacial score (nSPS) is 17.3. The van der Waals surface area contributed by atoms with Crippen molar-refractivity contribution < 1.29 is 9.53 Å². The standard InChI is InChI=1S/C19H18N4O2S/c1-25-17-9-5-4-8-15(17)21-18(24)12-26-19-22-14-7-3-2-6-13(14)16-10-11-20-23(16)19/h2-9,11,16H,10,12H2,1H3,(H,21,24). The van der Waals surface area contributed by atoms with Crippen molar-refractivity contribution in [2.45, 2.75) is 12.5 Å². The van der Waals surface area contributed by atoms with Crippen LogP contribution in [0.2, 0.25) is 0 Å². The van der Waals surface area contributed by atoms with E-state index in [1.54, 1.807) is 7.11 Å². The number of carbonyl (C=O) groups is 1. The second-order valence-electron chi connectivity index (χ2n) is 5.88. The number of fused-ring (bicyclic) bond motifs is 3. The van der Waals surface area contributed by atoms with E-state index < -0.39 is 0 Å².